The first-order valence-electron chi connectivity index (χ1n) is 7.50. The lowest BCUT2D eigenvalue weighted by molar-refractivity contribution is 0.413. The molecule has 0 spiro atoms. The van der Waals surface area contributed by atoms with E-state index in [0.717, 1.165) is 30.0 Å². The van der Waals surface area contributed by atoms with Crippen LogP contribution in [0.4, 0.5) is 0 Å². The highest BCUT2D eigenvalue weighted by atomic mass is 16.5. The van der Waals surface area contributed by atoms with Gasteiger partial charge in [-0.15, -0.1) is 0 Å². The zero-order valence-electron chi connectivity index (χ0n) is 14.4. The second-order valence-corrected chi connectivity index (χ2v) is 6.45. The Balaban J connectivity index is 2.50. The van der Waals surface area contributed by atoms with Gasteiger partial charge in [-0.2, -0.15) is 0 Å². The monoisotopic (exact) mass is 297 g/mol. The van der Waals surface area contributed by atoms with Crippen LogP contribution in [0.25, 0.3) is 5.57 Å². The molecule has 0 amide bonds. The third kappa shape index (κ3) is 7.15. The molecule has 0 fully saturated rings. The lowest BCUT2D eigenvalue weighted by atomic mass is 9.98. The number of hydrogen-bond donors (Lipinski definition) is 0. The molecule has 0 heterocycles. The van der Waals surface area contributed by atoms with Gasteiger partial charge in [-0.25, -0.2) is 0 Å². The van der Waals surface area contributed by atoms with Gasteiger partial charge in [-0.3, -0.25) is 4.90 Å². The summed E-state index contributed by atoms with van der Waals surface area (Å²) in [5.41, 5.74) is 2.25. The number of hydrogen-bond acceptors (Lipinski definition) is 2. The van der Waals surface area contributed by atoms with E-state index in [0.29, 0.717) is 0 Å². The van der Waals surface area contributed by atoms with Gasteiger partial charge in [0.2, 0.25) is 0 Å². The molecular weight excluding hydrogens is 270 g/mol. The Bertz CT molecular complexity index is 582. The second-order valence-electron chi connectivity index (χ2n) is 6.45. The third-order valence-corrected chi connectivity index (χ3v) is 3.00. The van der Waals surface area contributed by atoms with Crippen LogP contribution in [-0.2, 0) is 0 Å². The lowest BCUT2D eigenvalue weighted by Crippen LogP contribution is -2.20. The van der Waals surface area contributed by atoms with E-state index in [-0.39, 0.29) is 5.41 Å². The molecule has 0 aliphatic heterocycles. The molecule has 0 aliphatic rings. The number of methoxy groups -OCH3 is 1. The van der Waals surface area contributed by atoms with Crippen molar-refractivity contribution in [2.24, 2.45) is 5.41 Å². The van der Waals surface area contributed by atoms with Gasteiger partial charge in [0.05, 0.1) is 7.11 Å². The molecule has 1 aromatic rings. The summed E-state index contributed by atoms with van der Waals surface area (Å²) in [4.78, 5) is 2.21. The fourth-order valence-corrected chi connectivity index (χ4v) is 1.87. The van der Waals surface area contributed by atoms with Crippen LogP contribution >= 0.6 is 0 Å². The fraction of sp³-hybridized carbons (Fsp3) is 0.400. The van der Waals surface area contributed by atoms with Gasteiger partial charge in [0.25, 0.3) is 0 Å². The summed E-state index contributed by atoms with van der Waals surface area (Å²) in [6.45, 7) is 12.2. The van der Waals surface area contributed by atoms with E-state index in [2.05, 4.69) is 63.3 Å². The van der Waals surface area contributed by atoms with Gasteiger partial charge in [-0.1, -0.05) is 36.6 Å². The highest BCUT2D eigenvalue weighted by molar-refractivity contribution is 5.65. The van der Waals surface area contributed by atoms with Gasteiger partial charge in [0, 0.05) is 18.5 Å². The van der Waals surface area contributed by atoms with Crippen LogP contribution in [0.15, 0.2) is 43.0 Å². The van der Waals surface area contributed by atoms with Crippen molar-refractivity contribution in [3.05, 3.63) is 48.6 Å². The zero-order valence-corrected chi connectivity index (χ0v) is 14.4. The highest BCUT2D eigenvalue weighted by Crippen LogP contribution is 2.19. The molecule has 0 unspecified atom stereocenters. The Morgan fingerprint density at radius 2 is 2.09 bits per heavy atom. The van der Waals surface area contributed by atoms with E-state index in [1.165, 1.54) is 0 Å². The predicted octanol–water partition coefficient (Wildman–Crippen LogP) is 4.25. The van der Waals surface area contributed by atoms with Crippen molar-refractivity contribution in [1.82, 2.24) is 4.90 Å². The van der Waals surface area contributed by atoms with Crippen molar-refractivity contribution >= 4 is 5.57 Å². The minimum atomic E-state index is 0.0525. The summed E-state index contributed by atoms with van der Waals surface area (Å²) < 4.78 is 5.25. The van der Waals surface area contributed by atoms with Crippen molar-refractivity contribution in [3.8, 4) is 17.6 Å². The minimum absolute atomic E-state index is 0.0525. The first-order valence-corrected chi connectivity index (χ1v) is 7.50. The van der Waals surface area contributed by atoms with Crippen molar-refractivity contribution in [2.45, 2.75) is 20.8 Å². The van der Waals surface area contributed by atoms with E-state index < -0.39 is 0 Å². The number of benzene rings is 1. The summed E-state index contributed by atoms with van der Waals surface area (Å²) in [5.74, 6) is 7.13. The fourth-order valence-electron chi connectivity index (χ4n) is 1.87. The average molecular weight is 297 g/mol. The third-order valence-electron chi connectivity index (χ3n) is 3.00. The smallest absolute Gasteiger partial charge is 0.119 e. The molecule has 0 radical (unpaired) electrons. The van der Waals surface area contributed by atoms with Crippen molar-refractivity contribution in [2.75, 3.05) is 27.2 Å². The molecule has 118 valence electrons. The molecule has 0 saturated carbocycles. The molecule has 0 aromatic heterocycles. The van der Waals surface area contributed by atoms with Crippen LogP contribution in [-0.4, -0.2) is 32.1 Å². The summed E-state index contributed by atoms with van der Waals surface area (Å²) in [7, 11) is 3.75. The maximum atomic E-state index is 5.25. The van der Waals surface area contributed by atoms with Crippen molar-refractivity contribution < 1.29 is 4.74 Å². The second kappa shape index (κ2) is 8.46. The molecule has 0 bridgehead atoms. The number of likely N-dealkylation sites (N-methyl/N-ethyl adjacent to an activating group) is 1. The molecule has 0 aliphatic carbocycles. The van der Waals surface area contributed by atoms with E-state index >= 15 is 0 Å². The quantitative estimate of drug-likeness (QED) is 0.728. The molecule has 1 aromatic carbocycles. The first kappa shape index (κ1) is 18.1. The number of nitrogens with zero attached hydrogens (tertiary/aromatic N) is 1. The van der Waals surface area contributed by atoms with E-state index in [1.807, 2.05) is 24.3 Å². The molecule has 2 heteroatoms. The number of rotatable bonds is 6. The van der Waals surface area contributed by atoms with Gasteiger partial charge in [-0.05, 0) is 57.2 Å². The van der Waals surface area contributed by atoms with Gasteiger partial charge < -0.3 is 4.74 Å². The zero-order chi connectivity index (χ0) is 16.6. The molecule has 0 N–H and O–H groups in total. The van der Waals surface area contributed by atoms with Crippen LogP contribution in [0.1, 0.15) is 26.3 Å². The van der Waals surface area contributed by atoms with E-state index in [4.69, 9.17) is 4.74 Å². The van der Waals surface area contributed by atoms with Crippen molar-refractivity contribution in [3.63, 3.8) is 0 Å². The Morgan fingerprint density at radius 1 is 1.36 bits per heavy atom. The topological polar surface area (TPSA) is 12.5 Å². The predicted molar refractivity (Wildman–Crippen MR) is 95.9 cm³/mol. The normalized spacial score (nSPS) is 11.4. The average Bonchev–Trinajstić information content (AvgIpc) is 2.45. The molecule has 0 atom stereocenters. The number of allylic oxidation sites excluding steroid dienone is 1. The van der Waals surface area contributed by atoms with Gasteiger partial charge >= 0.3 is 0 Å². The molecule has 2 nitrogen and oxygen atoms in total. The molecule has 0 saturated heterocycles. The van der Waals surface area contributed by atoms with Gasteiger partial charge in [0.15, 0.2) is 0 Å². The summed E-state index contributed by atoms with van der Waals surface area (Å²) >= 11 is 0. The largest absolute Gasteiger partial charge is 0.497 e. The van der Waals surface area contributed by atoms with Crippen LogP contribution in [0.2, 0.25) is 0 Å². The highest BCUT2D eigenvalue weighted by Gasteiger charge is 2.04. The summed E-state index contributed by atoms with van der Waals surface area (Å²) in [6, 6.07) is 8.00. The van der Waals surface area contributed by atoms with Crippen LogP contribution in [0.5, 0.6) is 5.75 Å². The van der Waals surface area contributed by atoms with Crippen LogP contribution < -0.4 is 4.74 Å². The Morgan fingerprint density at radius 3 is 2.73 bits per heavy atom. The SMILES string of the molecule is C=C(CN(C)CC=CC#CC(C)(C)C)c1cccc(OC)c1. The first-order chi connectivity index (χ1) is 10.3. The van der Waals surface area contributed by atoms with E-state index in [9.17, 15) is 0 Å². The van der Waals surface area contributed by atoms with Crippen molar-refractivity contribution in [1.29, 1.82) is 0 Å². The van der Waals surface area contributed by atoms with Crippen LogP contribution in [0.3, 0.4) is 0 Å². The molecular formula is C20H27NO. The maximum absolute atomic E-state index is 5.25. The van der Waals surface area contributed by atoms with E-state index in [1.54, 1.807) is 7.11 Å². The minimum Gasteiger partial charge on any atom is -0.497 e. The summed E-state index contributed by atoms with van der Waals surface area (Å²) in [6.07, 6.45) is 4.01. The molecule has 1 rings (SSSR count). The lowest BCUT2D eigenvalue weighted by Gasteiger charge is -2.16. The number of ether oxygens (including phenoxy) is 1. The molecule has 22 heavy (non-hydrogen) atoms. The standard InChI is InChI=1S/C20H27NO/c1-17(18-11-10-12-19(15-18)22-6)16-21(5)14-9-7-8-13-20(2,3)4/h7,9-12,15H,1,14,16H2,2-6H3. The summed E-state index contributed by atoms with van der Waals surface area (Å²) in [5, 5.41) is 0. The van der Waals surface area contributed by atoms with Crippen LogP contribution in [0, 0.1) is 17.3 Å². The Hall–Kier alpha value is -1.98. The van der Waals surface area contributed by atoms with Gasteiger partial charge in [0.1, 0.15) is 5.75 Å². The maximum Gasteiger partial charge on any atom is 0.119 e. The Labute approximate surface area is 135 Å². The Kier molecular flexibility index (Phi) is 6.95.